The second kappa shape index (κ2) is 10.8. The second-order valence-corrected chi connectivity index (χ2v) is 7.27. The number of methoxy groups -OCH3 is 1. The summed E-state index contributed by atoms with van der Waals surface area (Å²) in [6.07, 6.45) is 1.59. The summed E-state index contributed by atoms with van der Waals surface area (Å²) in [7, 11) is 1.46. The molecule has 1 fully saturated rings. The maximum absolute atomic E-state index is 11.7. The highest BCUT2D eigenvalue weighted by molar-refractivity contribution is 5.80. The van der Waals surface area contributed by atoms with E-state index in [4.69, 9.17) is 14.5 Å². The Morgan fingerprint density at radius 1 is 1.30 bits per heavy atom. The molecule has 1 aromatic rings. The normalized spacial score (nSPS) is 15.7. The highest BCUT2D eigenvalue weighted by Gasteiger charge is 2.26. The van der Waals surface area contributed by atoms with Crippen molar-refractivity contribution in [2.45, 2.75) is 40.2 Å². The third-order valence-corrected chi connectivity index (χ3v) is 4.61. The first-order valence-corrected chi connectivity index (χ1v) is 9.86. The lowest BCUT2D eigenvalue weighted by Gasteiger charge is -2.33. The molecule has 0 saturated carbocycles. The molecule has 0 amide bonds. The Balaban J connectivity index is 2.03. The molecule has 6 nitrogen and oxygen atoms in total. The predicted octanol–water partition coefficient (Wildman–Crippen LogP) is 3.07. The standard InChI is InChI=1S/C21H33N3O3/c1-5-22-21(24-12-10-17(11-13-24)20(25)26-4)23-14-18-8-6-7-9-19(18)27-15-16(2)3/h6-9,16-17H,5,10-15H2,1-4H3,(H,22,23). The summed E-state index contributed by atoms with van der Waals surface area (Å²) < 4.78 is 10.8. The molecule has 1 aliphatic heterocycles. The van der Waals surface area contributed by atoms with Gasteiger partial charge >= 0.3 is 5.97 Å². The van der Waals surface area contributed by atoms with Crippen LogP contribution < -0.4 is 10.1 Å². The lowest BCUT2D eigenvalue weighted by atomic mass is 9.97. The maximum Gasteiger partial charge on any atom is 0.308 e. The largest absolute Gasteiger partial charge is 0.493 e. The number of esters is 1. The molecule has 1 aliphatic rings. The molecule has 6 heteroatoms. The molecule has 0 aliphatic carbocycles. The molecule has 0 atom stereocenters. The topological polar surface area (TPSA) is 63.2 Å². The molecule has 150 valence electrons. The van der Waals surface area contributed by atoms with Crippen molar-refractivity contribution in [3.8, 4) is 5.75 Å². The van der Waals surface area contributed by atoms with Crippen LogP contribution in [0.3, 0.4) is 0 Å². The van der Waals surface area contributed by atoms with Gasteiger partial charge in [-0.3, -0.25) is 4.79 Å². The van der Waals surface area contributed by atoms with Gasteiger partial charge in [0.25, 0.3) is 0 Å². The van der Waals surface area contributed by atoms with Crippen molar-refractivity contribution in [2.75, 3.05) is 33.4 Å². The molecular formula is C21H33N3O3. The third kappa shape index (κ3) is 6.45. The van der Waals surface area contributed by atoms with Crippen LogP contribution in [0.4, 0.5) is 0 Å². The van der Waals surface area contributed by atoms with Gasteiger partial charge in [-0.05, 0) is 31.7 Å². The number of carbonyl (C=O) groups excluding carboxylic acids is 1. The molecule has 1 aromatic carbocycles. The average Bonchev–Trinajstić information content (AvgIpc) is 2.69. The van der Waals surface area contributed by atoms with Crippen molar-refractivity contribution in [3.05, 3.63) is 29.8 Å². The number of likely N-dealkylation sites (tertiary alicyclic amines) is 1. The number of nitrogens with one attached hydrogen (secondary N) is 1. The van der Waals surface area contributed by atoms with Crippen LogP contribution >= 0.6 is 0 Å². The van der Waals surface area contributed by atoms with Gasteiger partial charge in [0.1, 0.15) is 5.75 Å². The Hall–Kier alpha value is -2.24. The Bertz CT molecular complexity index is 623. The van der Waals surface area contributed by atoms with E-state index in [0.29, 0.717) is 19.1 Å². The van der Waals surface area contributed by atoms with Crippen molar-refractivity contribution < 1.29 is 14.3 Å². The van der Waals surface area contributed by atoms with Gasteiger partial charge in [0.2, 0.25) is 0 Å². The summed E-state index contributed by atoms with van der Waals surface area (Å²) >= 11 is 0. The van der Waals surface area contributed by atoms with E-state index in [1.807, 2.05) is 18.2 Å². The molecule has 0 bridgehead atoms. The van der Waals surface area contributed by atoms with Crippen LogP contribution in [0.2, 0.25) is 0 Å². The first kappa shape index (κ1) is 21.1. The summed E-state index contributed by atoms with van der Waals surface area (Å²) in [6.45, 7) is 10.0. The van der Waals surface area contributed by atoms with Crippen LogP contribution in [0, 0.1) is 11.8 Å². The van der Waals surface area contributed by atoms with E-state index in [-0.39, 0.29) is 11.9 Å². The van der Waals surface area contributed by atoms with Crippen LogP contribution in [0.15, 0.2) is 29.3 Å². The minimum Gasteiger partial charge on any atom is -0.493 e. The molecule has 2 rings (SSSR count). The highest BCUT2D eigenvalue weighted by Crippen LogP contribution is 2.21. The van der Waals surface area contributed by atoms with Crippen LogP contribution in [0.25, 0.3) is 0 Å². The number of carbonyl (C=O) groups is 1. The van der Waals surface area contributed by atoms with E-state index in [1.54, 1.807) is 0 Å². The Morgan fingerprint density at radius 3 is 2.63 bits per heavy atom. The summed E-state index contributed by atoms with van der Waals surface area (Å²) in [5.74, 6) is 2.16. The monoisotopic (exact) mass is 375 g/mol. The lowest BCUT2D eigenvalue weighted by molar-refractivity contribution is -0.146. The van der Waals surface area contributed by atoms with Gasteiger partial charge in [0.15, 0.2) is 5.96 Å². The van der Waals surface area contributed by atoms with Gasteiger partial charge in [0.05, 0.1) is 26.2 Å². The Kier molecular flexibility index (Phi) is 8.43. The van der Waals surface area contributed by atoms with E-state index in [1.165, 1.54) is 7.11 Å². The SMILES string of the molecule is CCNC(=NCc1ccccc1OCC(C)C)N1CCC(C(=O)OC)CC1. The number of rotatable bonds is 7. The van der Waals surface area contributed by atoms with Gasteiger partial charge in [0, 0.05) is 25.2 Å². The minimum absolute atomic E-state index is 0.000661. The summed E-state index contributed by atoms with van der Waals surface area (Å²) in [6, 6.07) is 8.07. The molecule has 0 spiro atoms. The van der Waals surface area contributed by atoms with Gasteiger partial charge in [-0.1, -0.05) is 32.0 Å². The lowest BCUT2D eigenvalue weighted by Crippen LogP contribution is -2.46. The number of aliphatic imine (C=N–C) groups is 1. The van der Waals surface area contributed by atoms with Crippen molar-refractivity contribution in [1.29, 1.82) is 0 Å². The maximum atomic E-state index is 11.7. The quantitative estimate of drug-likeness (QED) is 0.451. The first-order valence-electron chi connectivity index (χ1n) is 9.86. The molecule has 1 N–H and O–H groups in total. The van der Waals surface area contributed by atoms with Crippen molar-refractivity contribution in [1.82, 2.24) is 10.2 Å². The number of guanidine groups is 1. The van der Waals surface area contributed by atoms with E-state index in [9.17, 15) is 4.79 Å². The number of hydrogen-bond donors (Lipinski definition) is 1. The minimum atomic E-state index is -0.104. The number of piperidine rings is 1. The van der Waals surface area contributed by atoms with Crippen molar-refractivity contribution in [3.63, 3.8) is 0 Å². The summed E-state index contributed by atoms with van der Waals surface area (Å²) in [5, 5.41) is 3.37. The Morgan fingerprint density at radius 2 is 2.00 bits per heavy atom. The van der Waals surface area contributed by atoms with Gasteiger partial charge < -0.3 is 19.7 Å². The summed E-state index contributed by atoms with van der Waals surface area (Å²) in [4.78, 5) is 18.8. The third-order valence-electron chi connectivity index (χ3n) is 4.61. The first-order chi connectivity index (χ1) is 13.0. The highest BCUT2D eigenvalue weighted by atomic mass is 16.5. The Labute approximate surface area is 162 Å². The molecule has 0 radical (unpaired) electrons. The van der Waals surface area contributed by atoms with Gasteiger partial charge in [-0.25, -0.2) is 4.99 Å². The fourth-order valence-corrected chi connectivity index (χ4v) is 3.11. The zero-order valence-corrected chi connectivity index (χ0v) is 17.0. The van der Waals surface area contributed by atoms with Gasteiger partial charge in [-0.2, -0.15) is 0 Å². The zero-order valence-electron chi connectivity index (χ0n) is 17.0. The van der Waals surface area contributed by atoms with Crippen LogP contribution in [0.5, 0.6) is 5.75 Å². The second-order valence-electron chi connectivity index (χ2n) is 7.27. The molecule has 0 unspecified atom stereocenters. The predicted molar refractivity (Wildman–Crippen MR) is 108 cm³/mol. The van der Waals surface area contributed by atoms with E-state index < -0.39 is 0 Å². The van der Waals surface area contributed by atoms with E-state index >= 15 is 0 Å². The molecule has 27 heavy (non-hydrogen) atoms. The average molecular weight is 376 g/mol. The molecule has 1 heterocycles. The number of hydrogen-bond acceptors (Lipinski definition) is 4. The van der Waals surface area contributed by atoms with E-state index in [0.717, 1.165) is 49.7 Å². The van der Waals surface area contributed by atoms with Gasteiger partial charge in [-0.15, -0.1) is 0 Å². The smallest absolute Gasteiger partial charge is 0.308 e. The zero-order chi connectivity index (χ0) is 19.6. The number of ether oxygens (including phenoxy) is 2. The number of benzene rings is 1. The number of nitrogens with zero attached hydrogens (tertiary/aromatic N) is 2. The van der Waals surface area contributed by atoms with Crippen molar-refractivity contribution in [2.24, 2.45) is 16.8 Å². The van der Waals surface area contributed by atoms with E-state index in [2.05, 4.69) is 37.1 Å². The van der Waals surface area contributed by atoms with Crippen molar-refractivity contribution >= 4 is 11.9 Å². The summed E-state index contributed by atoms with van der Waals surface area (Å²) in [5.41, 5.74) is 1.08. The molecular weight excluding hydrogens is 342 g/mol. The fourth-order valence-electron chi connectivity index (χ4n) is 3.11. The van der Waals surface area contributed by atoms with Crippen LogP contribution in [0.1, 0.15) is 39.2 Å². The number of para-hydroxylation sites is 1. The van der Waals surface area contributed by atoms with Crippen LogP contribution in [-0.2, 0) is 16.1 Å². The van der Waals surface area contributed by atoms with Crippen LogP contribution in [-0.4, -0.2) is 50.2 Å². The molecule has 0 aromatic heterocycles. The molecule has 1 saturated heterocycles. The fraction of sp³-hybridized carbons (Fsp3) is 0.619.